The molecule has 0 saturated heterocycles. The molecule has 7 nitrogen and oxygen atoms in total. The molecule has 2 rings (SSSR count). The molecule has 0 aliphatic carbocycles. The van der Waals surface area contributed by atoms with Gasteiger partial charge in [0.2, 0.25) is 0 Å². The number of benzene rings is 1. The normalized spacial score (nSPS) is 10.0. The number of hydrogen-bond acceptors (Lipinski definition) is 5. The van der Waals surface area contributed by atoms with Crippen LogP contribution >= 0.6 is 11.6 Å². The Morgan fingerprint density at radius 3 is 2.61 bits per heavy atom. The minimum atomic E-state index is -0.709. The number of aromatic nitrogens is 1. The Kier molecular flexibility index (Phi) is 5.37. The van der Waals surface area contributed by atoms with Gasteiger partial charge in [-0.25, -0.2) is 4.79 Å². The number of rotatable bonds is 5. The summed E-state index contributed by atoms with van der Waals surface area (Å²) in [4.78, 5) is 23.6. The number of nitrogens with one attached hydrogen (secondary N) is 1. The third-order valence-corrected chi connectivity index (χ3v) is 3.04. The summed E-state index contributed by atoms with van der Waals surface area (Å²) in [5, 5.41) is 13.8. The number of halogens is 1. The van der Waals surface area contributed by atoms with Gasteiger partial charge in [0, 0.05) is 17.2 Å². The molecule has 0 fully saturated rings. The van der Waals surface area contributed by atoms with E-state index >= 15 is 0 Å². The summed E-state index contributed by atoms with van der Waals surface area (Å²) >= 11 is 5.86. The Hall–Kier alpha value is -2.80. The molecule has 120 valence electrons. The van der Waals surface area contributed by atoms with Gasteiger partial charge in [0.25, 0.3) is 5.91 Å². The van der Waals surface area contributed by atoms with Gasteiger partial charge in [0.1, 0.15) is 5.75 Å². The van der Waals surface area contributed by atoms with E-state index < -0.39 is 18.5 Å². The number of anilines is 1. The van der Waals surface area contributed by atoms with Crippen LogP contribution in [0.5, 0.6) is 5.75 Å². The van der Waals surface area contributed by atoms with Gasteiger partial charge in [-0.05, 0) is 18.2 Å². The number of carbonyl (C=O) groups excluding carboxylic acids is 2. The lowest BCUT2D eigenvalue weighted by Crippen LogP contribution is -2.25. The van der Waals surface area contributed by atoms with Crippen molar-refractivity contribution in [3.63, 3.8) is 0 Å². The Bertz CT molecular complexity index is 718. The van der Waals surface area contributed by atoms with Crippen molar-refractivity contribution in [2.24, 2.45) is 0 Å². The molecule has 2 aromatic rings. The average Bonchev–Trinajstić information content (AvgIpc) is 2.53. The lowest BCUT2D eigenvalue weighted by atomic mass is 10.3. The molecule has 1 aromatic heterocycles. The first kappa shape index (κ1) is 16.6. The van der Waals surface area contributed by atoms with Gasteiger partial charge in [-0.3, -0.25) is 4.79 Å². The average molecular weight is 337 g/mol. The van der Waals surface area contributed by atoms with Crippen LogP contribution in [0.3, 0.4) is 0 Å². The number of methoxy groups -OCH3 is 1. The lowest BCUT2D eigenvalue weighted by molar-refractivity contribution is -0.605. The second-order valence-electron chi connectivity index (χ2n) is 4.42. The summed E-state index contributed by atoms with van der Waals surface area (Å²) in [6.07, 6.45) is 2.32. The highest BCUT2D eigenvalue weighted by molar-refractivity contribution is 6.31. The van der Waals surface area contributed by atoms with Crippen molar-refractivity contribution in [3.8, 4) is 5.75 Å². The molecule has 1 aromatic carbocycles. The number of pyridine rings is 1. The fourth-order valence-corrected chi connectivity index (χ4v) is 1.90. The maximum atomic E-state index is 11.8. The van der Waals surface area contributed by atoms with Crippen LogP contribution in [0.2, 0.25) is 5.02 Å². The zero-order valence-electron chi connectivity index (χ0n) is 12.1. The van der Waals surface area contributed by atoms with E-state index in [2.05, 4.69) is 5.32 Å². The van der Waals surface area contributed by atoms with Crippen LogP contribution in [0, 0.1) is 5.21 Å². The zero-order valence-corrected chi connectivity index (χ0v) is 12.9. The van der Waals surface area contributed by atoms with Crippen molar-refractivity contribution < 1.29 is 23.8 Å². The number of amides is 1. The van der Waals surface area contributed by atoms with E-state index in [9.17, 15) is 14.8 Å². The third-order valence-electron chi connectivity index (χ3n) is 2.81. The van der Waals surface area contributed by atoms with Crippen LogP contribution in [0.4, 0.5) is 5.69 Å². The van der Waals surface area contributed by atoms with E-state index in [1.165, 1.54) is 25.3 Å². The van der Waals surface area contributed by atoms with E-state index in [4.69, 9.17) is 21.1 Å². The second kappa shape index (κ2) is 7.46. The minimum Gasteiger partial charge on any atom is -0.619 e. The van der Waals surface area contributed by atoms with E-state index in [1.807, 2.05) is 0 Å². The van der Waals surface area contributed by atoms with Gasteiger partial charge in [0.05, 0.1) is 18.4 Å². The van der Waals surface area contributed by atoms with E-state index in [0.717, 1.165) is 12.4 Å². The molecule has 0 radical (unpaired) electrons. The second-order valence-corrected chi connectivity index (χ2v) is 4.85. The highest BCUT2D eigenvalue weighted by atomic mass is 35.5. The molecule has 1 heterocycles. The molecule has 8 heteroatoms. The van der Waals surface area contributed by atoms with Crippen molar-refractivity contribution >= 4 is 29.2 Å². The zero-order chi connectivity index (χ0) is 16.8. The molecule has 0 saturated carbocycles. The predicted molar refractivity (Wildman–Crippen MR) is 82.3 cm³/mol. The number of nitrogens with zero attached hydrogens (tertiary/aromatic N) is 1. The molecule has 0 aliphatic heterocycles. The van der Waals surface area contributed by atoms with Crippen LogP contribution in [0.15, 0.2) is 42.7 Å². The van der Waals surface area contributed by atoms with E-state index in [1.54, 1.807) is 12.1 Å². The Morgan fingerprint density at radius 1 is 1.26 bits per heavy atom. The molecule has 0 spiro atoms. The first-order chi connectivity index (χ1) is 11.0. The van der Waals surface area contributed by atoms with Crippen LogP contribution in [0.1, 0.15) is 10.4 Å². The molecule has 1 amide bonds. The van der Waals surface area contributed by atoms with Crippen molar-refractivity contribution in [1.29, 1.82) is 0 Å². The fourth-order valence-electron chi connectivity index (χ4n) is 1.73. The largest absolute Gasteiger partial charge is 0.619 e. The molecular weight excluding hydrogens is 324 g/mol. The number of ether oxygens (including phenoxy) is 2. The highest BCUT2D eigenvalue weighted by Gasteiger charge is 2.13. The van der Waals surface area contributed by atoms with Gasteiger partial charge in [-0.2, -0.15) is 4.73 Å². The SMILES string of the molecule is COc1ccc(Cl)cc1NC(=O)COC(=O)c1cc[n+]([O-])cc1. The quantitative estimate of drug-likeness (QED) is 0.510. The van der Waals surface area contributed by atoms with Gasteiger partial charge in [0.15, 0.2) is 19.0 Å². The number of esters is 1. The van der Waals surface area contributed by atoms with Crippen molar-refractivity contribution in [2.45, 2.75) is 0 Å². The summed E-state index contributed by atoms with van der Waals surface area (Å²) < 4.78 is 10.5. The van der Waals surface area contributed by atoms with Crippen LogP contribution in [0.25, 0.3) is 0 Å². The highest BCUT2D eigenvalue weighted by Crippen LogP contribution is 2.27. The van der Waals surface area contributed by atoms with E-state index in [-0.39, 0.29) is 5.56 Å². The Balaban J connectivity index is 1.94. The van der Waals surface area contributed by atoms with Crippen LogP contribution in [-0.2, 0) is 9.53 Å². The lowest BCUT2D eigenvalue weighted by Gasteiger charge is -2.10. The molecule has 1 N–H and O–H groups in total. The molecule has 0 bridgehead atoms. The first-order valence-electron chi connectivity index (χ1n) is 6.49. The van der Waals surface area contributed by atoms with Crippen molar-refractivity contribution in [1.82, 2.24) is 0 Å². The number of hydrogen-bond donors (Lipinski definition) is 1. The first-order valence-corrected chi connectivity index (χ1v) is 6.86. The smallest absolute Gasteiger partial charge is 0.339 e. The third kappa shape index (κ3) is 4.58. The minimum absolute atomic E-state index is 0.172. The standard InChI is InChI=1S/C15H13ClN2O5/c1-22-13-3-2-11(16)8-12(13)17-14(19)9-23-15(20)10-4-6-18(21)7-5-10/h2-8H,9H2,1H3,(H,17,19). The van der Waals surface area contributed by atoms with Gasteiger partial charge < -0.3 is 20.0 Å². The Labute approximate surface area is 137 Å². The van der Waals surface area contributed by atoms with E-state index in [0.29, 0.717) is 21.2 Å². The topological polar surface area (TPSA) is 91.6 Å². The van der Waals surface area contributed by atoms with Crippen molar-refractivity contribution in [2.75, 3.05) is 19.0 Å². The molecule has 23 heavy (non-hydrogen) atoms. The summed E-state index contributed by atoms with van der Waals surface area (Å²) in [5.74, 6) is -0.829. The summed E-state index contributed by atoms with van der Waals surface area (Å²) in [5.41, 5.74) is 0.540. The molecule has 0 aliphatic rings. The fraction of sp³-hybridized carbons (Fsp3) is 0.133. The monoisotopic (exact) mass is 336 g/mol. The maximum absolute atomic E-state index is 11.8. The molecule has 0 unspecified atom stereocenters. The van der Waals surface area contributed by atoms with Gasteiger partial charge in [-0.15, -0.1) is 0 Å². The summed E-state index contributed by atoms with van der Waals surface area (Å²) in [6, 6.07) is 7.34. The maximum Gasteiger partial charge on any atom is 0.339 e. The Morgan fingerprint density at radius 2 is 1.96 bits per heavy atom. The summed E-state index contributed by atoms with van der Waals surface area (Å²) in [7, 11) is 1.45. The molecular formula is C15H13ClN2O5. The van der Waals surface area contributed by atoms with Crippen LogP contribution in [-0.4, -0.2) is 25.6 Å². The predicted octanol–water partition coefficient (Wildman–Crippen LogP) is 1.78. The van der Waals surface area contributed by atoms with Crippen LogP contribution < -0.4 is 14.8 Å². The van der Waals surface area contributed by atoms with Crippen molar-refractivity contribution in [3.05, 3.63) is 58.5 Å². The molecule has 0 atom stereocenters. The van der Waals surface area contributed by atoms with Gasteiger partial charge >= 0.3 is 5.97 Å². The summed E-state index contributed by atoms with van der Waals surface area (Å²) in [6.45, 7) is -0.485. The van der Waals surface area contributed by atoms with Gasteiger partial charge in [-0.1, -0.05) is 11.6 Å². The number of carbonyl (C=O) groups is 2.